The van der Waals surface area contributed by atoms with E-state index in [0.29, 0.717) is 13.0 Å². The van der Waals surface area contributed by atoms with E-state index in [9.17, 15) is 13.2 Å². The van der Waals surface area contributed by atoms with Gasteiger partial charge < -0.3 is 4.74 Å². The standard InChI is InChI=1S/C26H31N3O5S/c1-26(35(2,31)32,25(30)28-34-24-10-6-7-17-33-24)15-16-29-23-14-13-21(18-22(23)19-27-29)12-11-20-8-4-3-5-9-20/h3-5,8-9,11-14,18-19,24H,6-7,10,15-17H2,1-2H3,(H,28,30)/b12-11+. The van der Waals surface area contributed by atoms with E-state index < -0.39 is 26.8 Å². The molecule has 0 aliphatic carbocycles. The highest BCUT2D eigenvalue weighted by Gasteiger charge is 2.44. The van der Waals surface area contributed by atoms with Gasteiger partial charge in [-0.2, -0.15) is 5.10 Å². The summed E-state index contributed by atoms with van der Waals surface area (Å²) in [6.07, 6.45) is 8.90. The summed E-state index contributed by atoms with van der Waals surface area (Å²) in [4.78, 5) is 18.2. The Bertz CT molecular complexity index is 1300. The number of amides is 1. The lowest BCUT2D eigenvalue weighted by atomic mass is 10.1. The van der Waals surface area contributed by atoms with Crippen molar-refractivity contribution < 1.29 is 22.8 Å². The van der Waals surface area contributed by atoms with Crippen molar-refractivity contribution in [3.05, 3.63) is 65.9 Å². The van der Waals surface area contributed by atoms with E-state index in [4.69, 9.17) is 9.57 Å². The number of carbonyl (C=O) groups excluding carboxylic acids is 1. The van der Waals surface area contributed by atoms with Gasteiger partial charge in [0.25, 0.3) is 5.91 Å². The molecule has 9 heteroatoms. The molecule has 0 radical (unpaired) electrons. The number of rotatable bonds is 9. The highest BCUT2D eigenvalue weighted by Crippen LogP contribution is 2.25. The number of aromatic nitrogens is 2. The number of sulfone groups is 1. The number of aryl methyl sites for hydroxylation is 1. The monoisotopic (exact) mass is 497 g/mol. The predicted molar refractivity (Wildman–Crippen MR) is 136 cm³/mol. The summed E-state index contributed by atoms with van der Waals surface area (Å²) in [5, 5.41) is 5.37. The van der Waals surface area contributed by atoms with E-state index in [2.05, 4.69) is 10.6 Å². The molecule has 1 N–H and O–H groups in total. The van der Waals surface area contributed by atoms with E-state index >= 15 is 0 Å². The largest absolute Gasteiger partial charge is 0.350 e. The maximum atomic E-state index is 12.9. The summed E-state index contributed by atoms with van der Waals surface area (Å²) in [6, 6.07) is 16.0. The summed E-state index contributed by atoms with van der Waals surface area (Å²) in [5.74, 6) is -0.709. The van der Waals surface area contributed by atoms with Crippen molar-refractivity contribution in [2.75, 3.05) is 12.9 Å². The van der Waals surface area contributed by atoms with Crippen LogP contribution in [0.5, 0.6) is 0 Å². The zero-order valence-electron chi connectivity index (χ0n) is 20.0. The second-order valence-corrected chi connectivity index (χ2v) is 11.5. The van der Waals surface area contributed by atoms with Gasteiger partial charge in [-0.05, 0) is 49.4 Å². The average Bonchev–Trinajstić information content (AvgIpc) is 3.27. The van der Waals surface area contributed by atoms with Crippen molar-refractivity contribution in [2.24, 2.45) is 0 Å². The van der Waals surface area contributed by atoms with Crippen molar-refractivity contribution in [2.45, 2.75) is 50.2 Å². The van der Waals surface area contributed by atoms with Crippen molar-refractivity contribution in [3.63, 3.8) is 0 Å². The van der Waals surface area contributed by atoms with Crippen molar-refractivity contribution in [3.8, 4) is 0 Å². The molecule has 1 aliphatic rings. The maximum absolute atomic E-state index is 12.9. The molecule has 3 aromatic rings. The molecule has 2 aromatic carbocycles. The van der Waals surface area contributed by atoms with Gasteiger partial charge in [-0.25, -0.2) is 18.7 Å². The molecule has 35 heavy (non-hydrogen) atoms. The molecule has 1 amide bonds. The van der Waals surface area contributed by atoms with E-state index in [-0.39, 0.29) is 13.0 Å². The number of hydrogen-bond donors (Lipinski definition) is 1. The number of carbonyl (C=O) groups is 1. The molecular weight excluding hydrogens is 466 g/mol. The minimum Gasteiger partial charge on any atom is -0.350 e. The molecule has 2 heterocycles. The second-order valence-electron chi connectivity index (χ2n) is 9.03. The van der Waals surface area contributed by atoms with Gasteiger partial charge in [0.1, 0.15) is 0 Å². The van der Waals surface area contributed by atoms with Crippen molar-refractivity contribution in [1.82, 2.24) is 15.3 Å². The van der Waals surface area contributed by atoms with Crippen LogP contribution >= 0.6 is 0 Å². The number of fused-ring (bicyclic) bond motifs is 1. The molecule has 8 nitrogen and oxygen atoms in total. The van der Waals surface area contributed by atoms with Crippen LogP contribution in [-0.4, -0.2) is 48.0 Å². The van der Waals surface area contributed by atoms with Crippen molar-refractivity contribution >= 4 is 38.8 Å². The summed E-state index contributed by atoms with van der Waals surface area (Å²) in [7, 11) is -3.75. The van der Waals surface area contributed by atoms with Gasteiger partial charge in [-0.15, -0.1) is 0 Å². The second kappa shape index (κ2) is 10.7. The molecule has 1 aromatic heterocycles. The van der Waals surface area contributed by atoms with E-state index in [1.165, 1.54) is 6.92 Å². The number of nitrogens with zero attached hydrogens (tertiary/aromatic N) is 2. The Morgan fingerprint density at radius 2 is 1.97 bits per heavy atom. The molecular formula is C26H31N3O5S. The minimum atomic E-state index is -3.75. The van der Waals surface area contributed by atoms with Crippen LogP contribution in [0.3, 0.4) is 0 Å². The first kappa shape index (κ1) is 25.1. The molecule has 2 atom stereocenters. The molecule has 0 saturated carbocycles. The third kappa shape index (κ3) is 5.98. The van der Waals surface area contributed by atoms with Crippen LogP contribution < -0.4 is 5.48 Å². The molecule has 1 saturated heterocycles. The average molecular weight is 498 g/mol. The molecule has 1 fully saturated rings. The fourth-order valence-corrected chi connectivity index (χ4v) is 4.80. The molecule has 4 rings (SSSR count). The van der Waals surface area contributed by atoms with Gasteiger partial charge in [0.2, 0.25) is 0 Å². The Morgan fingerprint density at radius 1 is 1.20 bits per heavy atom. The van der Waals surface area contributed by atoms with Crippen LogP contribution in [-0.2, 0) is 30.8 Å². The van der Waals surface area contributed by atoms with Crippen LogP contribution in [0.4, 0.5) is 0 Å². The summed E-state index contributed by atoms with van der Waals surface area (Å²) >= 11 is 0. The summed E-state index contributed by atoms with van der Waals surface area (Å²) in [5.41, 5.74) is 5.33. The van der Waals surface area contributed by atoms with Gasteiger partial charge >= 0.3 is 0 Å². The molecule has 0 spiro atoms. The van der Waals surface area contributed by atoms with Crippen LogP contribution in [0, 0.1) is 0 Å². The molecule has 186 valence electrons. The van der Waals surface area contributed by atoms with E-state index in [1.54, 1.807) is 10.9 Å². The van der Waals surface area contributed by atoms with Gasteiger partial charge in [-0.1, -0.05) is 48.6 Å². The van der Waals surface area contributed by atoms with Gasteiger partial charge in [-0.3, -0.25) is 9.48 Å². The van der Waals surface area contributed by atoms with Gasteiger partial charge in [0.05, 0.1) is 11.7 Å². The molecule has 1 aliphatic heterocycles. The Hall–Kier alpha value is -3.01. The SMILES string of the molecule is CC(CCn1ncc2cc(/C=C/c3ccccc3)ccc21)(C(=O)NOC1CCCCO1)S(C)(=O)=O. The lowest BCUT2D eigenvalue weighted by Crippen LogP contribution is -2.51. The Balaban J connectivity index is 1.45. The summed E-state index contributed by atoms with van der Waals surface area (Å²) in [6.45, 7) is 2.22. The normalized spacial score (nSPS) is 18.5. The van der Waals surface area contributed by atoms with Crippen LogP contribution in [0.2, 0.25) is 0 Å². The number of nitrogens with one attached hydrogen (secondary N) is 1. The predicted octanol–water partition coefficient (Wildman–Crippen LogP) is 3.97. The fraction of sp³-hybridized carbons (Fsp3) is 0.385. The van der Waals surface area contributed by atoms with Gasteiger partial charge in [0.15, 0.2) is 20.9 Å². The quantitative estimate of drug-likeness (QED) is 0.355. The fourth-order valence-electron chi connectivity index (χ4n) is 3.96. The number of hydroxylamine groups is 1. The lowest BCUT2D eigenvalue weighted by Gasteiger charge is -2.28. The zero-order chi connectivity index (χ0) is 24.9. The third-order valence-electron chi connectivity index (χ3n) is 6.45. The highest BCUT2D eigenvalue weighted by molar-refractivity contribution is 7.92. The number of ether oxygens (including phenoxy) is 1. The Labute approximate surface area is 205 Å². The first-order valence-corrected chi connectivity index (χ1v) is 13.6. The van der Waals surface area contributed by atoms with Gasteiger partial charge in [0, 0.05) is 31.2 Å². The topological polar surface area (TPSA) is 99.5 Å². The number of hydrogen-bond acceptors (Lipinski definition) is 6. The highest BCUT2D eigenvalue weighted by atomic mass is 32.2. The van der Waals surface area contributed by atoms with Crippen LogP contribution in [0.1, 0.15) is 43.7 Å². The lowest BCUT2D eigenvalue weighted by molar-refractivity contribution is -0.201. The first-order valence-electron chi connectivity index (χ1n) is 11.7. The number of benzene rings is 2. The summed E-state index contributed by atoms with van der Waals surface area (Å²) < 4.78 is 30.7. The smallest absolute Gasteiger partial charge is 0.264 e. The van der Waals surface area contributed by atoms with Crippen LogP contribution in [0.15, 0.2) is 54.7 Å². The van der Waals surface area contributed by atoms with E-state index in [1.807, 2.05) is 60.7 Å². The van der Waals surface area contributed by atoms with Crippen molar-refractivity contribution in [1.29, 1.82) is 0 Å². The van der Waals surface area contributed by atoms with Crippen LogP contribution in [0.25, 0.3) is 23.1 Å². The minimum absolute atomic E-state index is 0.0407. The Morgan fingerprint density at radius 3 is 2.69 bits per heavy atom. The first-order chi connectivity index (χ1) is 16.8. The Kier molecular flexibility index (Phi) is 7.69. The molecule has 0 bridgehead atoms. The van der Waals surface area contributed by atoms with E-state index in [0.717, 1.165) is 41.1 Å². The maximum Gasteiger partial charge on any atom is 0.264 e. The zero-order valence-corrected chi connectivity index (χ0v) is 20.8. The third-order valence-corrected chi connectivity index (χ3v) is 8.48. The molecule has 2 unspecified atom stereocenters.